The van der Waals surface area contributed by atoms with Crippen LogP contribution < -0.4 is 25.0 Å². The van der Waals surface area contributed by atoms with Gasteiger partial charge in [-0.05, 0) is 19.4 Å². The molecule has 0 spiro atoms. The normalized spacial score (nSPS) is 17.5. The highest BCUT2D eigenvalue weighted by atomic mass is 17.2. The molecule has 1 saturated heterocycles. The second kappa shape index (κ2) is 10.3. The lowest BCUT2D eigenvalue weighted by Crippen LogP contribution is -2.36. The molecule has 0 amide bonds. The summed E-state index contributed by atoms with van der Waals surface area (Å²) in [6.45, 7) is 1.43. The van der Waals surface area contributed by atoms with Crippen LogP contribution in [0.5, 0.6) is 17.2 Å². The van der Waals surface area contributed by atoms with Crippen LogP contribution in [-0.4, -0.2) is 60.6 Å². The van der Waals surface area contributed by atoms with Gasteiger partial charge in [0, 0.05) is 30.3 Å². The third-order valence-corrected chi connectivity index (χ3v) is 6.02. The summed E-state index contributed by atoms with van der Waals surface area (Å²) in [6.07, 6.45) is 0.161. The summed E-state index contributed by atoms with van der Waals surface area (Å²) in [5, 5.41) is 23.5. The maximum atomic E-state index is 12.9. The minimum atomic E-state index is -1.56. The molecule has 0 radical (unpaired) electrons. The van der Waals surface area contributed by atoms with Gasteiger partial charge in [0.2, 0.25) is 0 Å². The monoisotopic (exact) mass is 548 g/mol. The van der Waals surface area contributed by atoms with E-state index in [2.05, 4.69) is 9.78 Å². The molecule has 2 aliphatic heterocycles. The summed E-state index contributed by atoms with van der Waals surface area (Å²) < 4.78 is 10.3. The number of benzene rings is 2. The maximum Gasteiger partial charge on any atom is 0.393 e. The summed E-state index contributed by atoms with van der Waals surface area (Å²) in [6, 6.07) is 1.80. The molecule has 4 rings (SSSR count). The van der Waals surface area contributed by atoms with Crippen LogP contribution in [0.25, 0.3) is 0 Å². The van der Waals surface area contributed by atoms with E-state index in [1.165, 1.54) is 32.1 Å². The average Bonchev–Trinajstić information content (AvgIpc) is 3.23. The van der Waals surface area contributed by atoms with E-state index >= 15 is 0 Å². The van der Waals surface area contributed by atoms with Crippen molar-refractivity contribution in [3.63, 3.8) is 0 Å². The first-order chi connectivity index (χ1) is 18.5. The van der Waals surface area contributed by atoms with E-state index in [0.29, 0.717) is 0 Å². The number of anilines is 1. The molecule has 2 aromatic rings. The minimum absolute atomic E-state index is 0.0513. The van der Waals surface area contributed by atoms with E-state index < -0.39 is 68.1 Å². The molecule has 2 heterocycles. The van der Waals surface area contributed by atoms with E-state index in [9.17, 15) is 34.6 Å². The van der Waals surface area contributed by atoms with Crippen LogP contribution in [0.4, 0.5) is 17.1 Å². The number of hydrogen-bond acceptors (Lipinski definition) is 15. The predicted octanol–water partition coefficient (Wildman–Crippen LogP) is 1.51. The third kappa shape index (κ3) is 4.77. The number of nitro benzene ring substituents is 2. The van der Waals surface area contributed by atoms with E-state index in [1.807, 2.05) is 0 Å². The molecule has 17 heteroatoms. The van der Waals surface area contributed by atoms with E-state index in [1.54, 1.807) is 0 Å². The molecule has 2 aromatic carbocycles. The first-order valence-corrected chi connectivity index (χ1v) is 11.0. The van der Waals surface area contributed by atoms with Crippen LogP contribution in [0, 0.1) is 27.2 Å². The van der Waals surface area contributed by atoms with Crippen LogP contribution in [0.3, 0.4) is 0 Å². The topological polar surface area (TPSA) is 222 Å². The number of carbonyl (C=O) groups excluding carboxylic acids is 3. The van der Waals surface area contributed by atoms with Crippen LogP contribution in [-0.2, 0) is 19.5 Å². The largest absolute Gasteiger partial charge is 0.497 e. The van der Waals surface area contributed by atoms with Crippen molar-refractivity contribution in [3.8, 4) is 17.2 Å². The third-order valence-electron chi connectivity index (χ3n) is 6.02. The van der Waals surface area contributed by atoms with E-state index in [-0.39, 0.29) is 35.7 Å². The Morgan fingerprint density at radius 2 is 1.62 bits per heavy atom. The zero-order valence-corrected chi connectivity index (χ0v) is 20.5. The van der Waals surface area contributed by atoms with Gasteiger partial charge in [-0.2, -0.15) is 0 Å². The highest BCUT2D eigenvalue weighted by Crippen LogP contribution is 2.50. The molecule has 206 valence electrons. The van der Waals surface area contributed by atoms with Gasteiger partial charge < -0.3 is 20.1 Å². The minimum Gasteiger partial charge on any atom is -0.497 e. The number of nitrogens with zero attached hydrogens (tertiary/aromatic N) is 3. The average molecular weight is 548 g/mol. The molecular weight excluding hydrogens is 528 g/mol. The Balaban J connectivity index is 1.71. The van der Waals surface area contributed by atoms with Crippen molar-refractivity contribution in [2.24, 2.45) is 5.73 Å². The lowest BCUT2D eigenvalue weighted by molar-refractivity contribution is -0.388. The molecule has 2 atom stereocenters. The van der Waals surface area contributed by atoms with E-state index in [4.69, 9.17) is 25.0 Å². The highest BCUT2D eigenvalue weighted by Gasteiger charge is 2.46. The Kier molecular flexibility index (Phi) is 7.09. The number of fused-ring (bicyclic) bond motifs is 3. The Morgan fingerprint density at radius 1 is 1.00 bits per heavy atom. The van der Waals surface area contributed by atoms with Crippen LogP contribution in [0.2, 0.25) is 0 Å². The smallest absolute Gasteiger partial charge is 0.393 e. The van der Waals surface area contributed by atoms with Gasteiger partial charge in [-0.1, -0.05) is 0 Å². The van der Waals surface area contributed by atoms with Gasteiger partial charge in [0.15, 0.2) is 0 Å². The van der Waals surface area contributed by atoms with Crippen molar-refractivity contribution in [2.45, 2.75) is 25.4 Å². The second-order valence-electron chi connectivity index (χ2n) is 8.40. The van der Waals surface area contributed by atoms with Crippen molar-refractivity contribution >= 4 is 35.0 Å². The van der Waals surface area contributed by atoms with Gasteiger partial charge in [0.25, 0.3) is 11.4 Å². The van der Waals surface area contributed by atoms with Crippen LogP contribution in [0.1, 0.15) is 32.7 Å². The van der Waals surface area contributed by atoms with Gasteiger partial charge >= 0.3 is 23.6 Å². The standard InChI is InChI=1S/C22H20N4O13/c1-9-4-11(34-2)6-12(16(9)25(30)31)20(27)37-38-21(28)13-7-15(35-3)18-19(17(13)26(32)33)36-39-22(29)14-5-10(23)8-24(14)18/h4,6-7,10,14H,5,8,23H2,1-3H3. The summed E-state index contributed by atoms with van der Waals surface area (Å²) in [7, 11) is 2.46. The molecule has 17 nitrogen and oxygen atoms in total. The SMILES string of the molecule is COc1cc(C)c([N+](=O)[O-])c(C(=O)OOC(=O)c2cc(OC)c3c(c2[N+](=O)[O-])OOC(=O)C2CC(N)CN32)c1. The number of hydrogen-bond donors (Lipinski definition) is 1. The molecule has 1 fully saturated rings. The fourth-order valence-electron chi connectivity index (χ4n) is 4.36. The molecule has 0 saturated carbocycles. The fraction of sp³-hybridized carbons (Fsp3) is 0.318. The lowest BCUT2D eigenvalue weighted by Gasteiger charge is -2.23. The Bertz CT molecular complexity index is 1410. The van der Waals surface area contributed by atoms with Gasteiger partial charge in [-0.15, -0.1) is 0 Å². The molecule has 39 heavy (non-hydrogen) atoms. The number of nitro groups is 2. The predicted molar refractivity (Wildman–Crippen MR) is 125 cm³/mol. The number of ether oxygens (including phenoxy) is 2. The number of carbonyl (C=O) groups is 3. The van der Waals surface area contributed by atoms with Gasteiger partial charge in [-0.25, -0.2) is 29.0 Å². The molecule has 0 aromatic heterocycles. The highest BCUT2D eigenvalue weighted by molar-refractivity contribution is 6.00. The van der Waals surface area contributed by atoms with Crippen molar-refractivity contribution < 1.29 is 53.3 Å². The molecule has 2 unspecified atom stereocenters. The van der Waals surface area contributed by atoms with E-state index in [0.717, 1.165) is 12.1 Å². The Labute approximate surface area is 218 Å². The molecule has 2 N–H and O–H groups in total. The summed E-state index contributed by atoms with van der Waals surface area (Å²) in [5.41, 5.74) is 2.91. The van der Waals surface area contributed by atoms with Crippen LogP contribution >= 0.6 is 0 Å². The summed E-state index contributed by atoms with van der Waals surface area (Å²) in [4.78, 5) is 79.7. The zero-order chi connectivity index (χ0) is 28.6. The van der Waals surface area contributed by atoms with Crippen LogP contribution in [0.15, 0.2) is 18.2 Å². The number of methoxy groups -OCH3 is 2. The Hall–Kier alpha value is -5.19. The van der Waals surface area contributed by atoms with Crippen molar-refractivity contribution in [1.29, 1.82) is 0 Å². The van der Waals surface area contributed by atoms with Gasteiger partial charge in [-0.3, -0.25) is 25.1 Å². The molecular formula is C22H20N4O13. The van der Waals surface area contributed by atoms with Gasteiger partial charge in [0.1, 0.15) is 34.4 Å². The number of rotatable bonds is 6. The maximum absolute atomic E-state index is 12.9. The number of aryl methyl sites for hydroxylation is 1. The quantitative estimate of drug-likeness (QED) is 0.307. The first-order valence-electron chi connectivity index (χ1n) is 11.0. The molecule has 2 aliphatic rings. The Morgan fingerprint density at radius 3 is 2.18 bits per heavy atom. The fourth-order valence-corrected chi connectivity index (χ4v) is 4.36. The van der Waals surface area contributed by atoms with Crippen molar-refractivity contribution in [1.82, 2.24) is 0 Å². The summed E-state index contributed by atoms with van der Waals surface area (Å²) in [5.74, 6) is -4.61. The lowest BCUT2D eigenvalue weighted by atomic mass is 10.1. The first kappa shape index (κ1) is 26.9. The van der Waals surface area contributed by atoms with Gasteiger partial charge in [0.05, 0.1) is 24.1 Å². The van der Waals surface area contributed by atoms with Crippen molar-refractivity contribution in [2.75, 3.05) is 25.7 Å². The molecule has 0 bridgehead atoms. The summed E-state index contributed by atoms with van der Waals surface area (Å²) >= 11 is 0. The molecule has 0 aliphatic carbocycles. The zero-order valence-electron chi connectivity index (χ0n) is 20.5. The second-order valence-corrected chi connectivity index (χ2v) is 8.40. The van der Waals surface area contributed by atoms with Crippen molar-refractivity contribution in [3.05, 3.63) is 55.1 Å². The number of nitrogens with two attached hydrogens (primary N) is 1.